The molecular weight excluding hydrogens is 617 g/mol. The van der Waals surface area contributed by atoms with Crippen molar-refractivity contribution in [2.24, 2.45) is 0 Å². The Kier molecular flexibility index (Phi) is 10.5. The number of likely N-dealkylation sites (tertiary alicyclic amines) is 1. The quantitative estimate of drug-likeness (QED) is 0.243. The first-order chi connectivity index (χ1) is 21.7. The number of nitrogens with one attached hydrogen (secondary N) is 2. The van der Waals surface area contributed by atoms with Crippen LogP contribution in [0, 0.1) is 25.5 Å². The van der Waals surface area contributed by atoms with E-state index in [-0.39, 0.29) is 23.2 Å². The minimum absolute atomic E-state index is 0.0887. The Morgan fingerprint density at radius 1 is 1.02 bits per heavy atom. The van der Waals surface area contributed by atoms with Crippen molar-refractivity contribution < 1.29 is 50.5 Å². The van der Waals surface area contributed by atoms with Crippen molar-refractivity contribution in [2.45, 2.75) is 69.8 Å². The molecule has 2 aliphatic rings. The van der Waals surface area contributed by atoms with Crippen molar-refractivity contribution in [2.75, 3.05) is 26.1 Å². The zero-order valence-corrected chi connectivity index (χ0v) is 25.8. The molecule has 2 amide bonds. The van der Waals surface area contributed by atoms with E-state index in [9.17, 15) is 26.7 Å². The van der Waals surface area contributed by atoms with Gasteiger partial charge in [0, 0.05) is 29.3 Å². The maximum Gasteiger partial charge on any atom is 0.490 e. The summed E-state index contributed by atoms with van der Waals surface area (Å²) >= 11 is 0. The summed E-state index contributed by atoms with van der Waals surface area (Å²) in [5.41, 5.74) is 2.41. The lowest BCUT2D eigenvalue weighted by atomic mass is 9.65. The summed E-state index contributed by atoms with van der Waals surface area (Å²) < 4.78 is 75.8. The van der Waals surface area contributed by atoms with Crippen LogP contribution in [0.15, 0.2) is 46.9 Å². The van der Waals surface area contributed by atoms with Gasteiger partial charge in [0.2, 0.25) is 0 Å². The number of carbonyl (C=O) groups is 2. The first kappa shape index (κ1) is 34.5. The van der Waals surface area contributed by atoms with E-state index < -0.39 is 29.8 Å². The van der Waals surface area contributed by atoms with Crippen LogP contribution >= 0.6 is 0 Å². The highest BCUT2D eigenvalue weighted by atomic mass is 19.4. The molecule has 1 saturated heterocycles. The van der Waals surface area contributed by atoms with Crippen LogP contribution in [0.25, 0.3) is 0 Å². The summed E-state index contributed by atoms with van der Waals surface area (Å²) in [6.07, 6.45) is -1.73. The smallest absolute Gasteiger partial charge is 0.490 e. The Bertz CT molecular complexity index is 1540. The number of hydrogen-bond donors (Lipinski definition) is 3. The van der Waals surface area contributed by atoms with E-state index in [1.807, 2.05) is 19.9 Å². The molecule has 5 rings (SSSR count). The zero-order chi connectivity index (χ0) is 33.8. The van der Waals surface area contributed by atoms with Gasteiger partial charge in [-0.2, -0.15) is 13.2 Å². The molecule has 0 bridgehead atoms. The van der Waals surface area contributed by atoms with Gasteiger partial charge in [-0.1, -0.05) is 6.07 Å². The van der Waals surface area contributed by atoms with E-state index in [1.165, 1.54) is 11.6 Å². The molecule has 1 aliphatic carbocycles. The molecule has 0 radical (unpaired) electrons. The standard InChI is InChI=1S/C30H35F2N3O4.C2HF3O2/c1-18-13-23(39-19(18)2)17-35-12-11-30(20-5-8-26(37-3)27(14-20)38-4)10-9-22(16-28(30)35)34-29(36)33-21-6-7-24(31)25(32)15-21;3-2(4,5)1(6)7/h5-8,13-15,22,28H,9-12,16-17H2,1-4H3,(H2,33,34,36);(H,6,7)/t22-,28+,30+;/m1./s1. The van der Waals surface area contributed by atoms with E-state index in [0.717, 1.165) is 61.4 Å². The van der Waals surface area contributed by atoms with Gasteiger partial charge in [-0.3, -0.25) is 4.90 Å². The second-order valence-corrected chi connectivity index (χ2v) is 11.4. The number of anilines is 1. The third kappa shape index (κ3) is 7.72. The van der Waals surface area contributed by atoms with Crippen LogP contribution in [0.3, 0.4) is 0 Å². The van der Waals surface area contributed by atoms with E-state index in [0.29, 0.717) is 18.0 Å². The molecule has 1 aromatic heterocycles. The molecule has 3 atom stereocenters. The lowest BCUT2D eigenvalue weighted by molar-refractivity contribution is -0.192. The molecular formula is C32H36F5N3O6. The highest BCUT2D eigenvalue weighted by Crippen LogP contribution is 2.50. The highest BCUT2D eigenvalue weighted by Gasteiger charge is 2.52. The minimum Gasteiger partial charge on any atom is -0.493 e. The number of furan rings is 1. The van der Waals surface area contributed by atoms with Gasteiger partial charge >= 0.3 is 18.2 Å². The van der Waals surface area contributed by atoms with Crippen molar-refractivity contribution in [3.63, 3.8) is 0 Å². The number of alkyl halides is 3. The molecule has 2 aromatic carbocycles. The average molecular weight is 654 g/mol. The molecule has 46 heavy (non-hydrogen) atoms. The Morgan fingerprint density at radius 3 is 2.30 bits per heavy atom. The summed E-state index contributed by atoms with van der Waals surface area (Å²) in [6, 6.07) is 11.2. The molecule has 2 heterocycles. The van der Waals surface area contributed by atoms with Crippen LogP contribution in [0.1, 0.15) is 48.3 Å². The monoisotopic (exact) mass is 653 g/mol. The molecule has 250 valence electrons. The van der Waals surface area contributed by atoms with Crippen LogP contribution < -0.4 is 20.1 Å². The number of aryl methyl sites for hydroxylation is 2. The summed E-state index contributed by atoms with van der Waals surface area (Å²) in [5, 5.41) is 12.8. The van der Waals surface area contributed by atoms with Crippen LogP contribution in [0.2, 0.25) is 0 Å². The summed E-state index contributed by atoms with van der Waals surface area (Å²) in [5.74, 6) is -1.47. The number of nitrogens with zero attached hydrogens (tertiary/aromatic N) is 1. The topological polar surface area (TPSA) is 113 Å². The molecule has 3 N–H and O–H groups in total. The summed E-state index contributed by atoms with van der Waals surface area (Å²) in [6.45, 7) is 5.60. The number of hydrogen-bond acceptors (Lipinski definition) is 6. The molecule has 9 nitrogen and oxygen atoms in total. The largest absolute Gasteiger partial charge is 0.493 e. The third-order valence-corrected chi connectivity index (χ3v) is 8.66. The van der Waals surface area contributed by atoms with Gasteiger partial charge in [-0.15, -0.1) is 0 Å². The lowest BCUT2D eigenvalue weighted by Gasteiger charge is -2.45. The third-order valence-electron chi connectivity index (χ3n) is 8.66. The van der Waals surface area contributed by atoms with Crippen LogP contribution in [0.4, 0.5) is 32.4 Å². The Hall–Kier alpha value is -4.33. The number of fused-ring (bicyclic) bond motifs is 1. The van der Waals surface area contributed by atoms with Crippen LogP contribution in [-0.2, 0) is 16.8 Å². The first-order valence-electron chi connectivity index (χ1n) is 14.5. The second kappa shape index (κ2) is 14.0. The fourth-order valence-electron chi connectivity index (χ4n) is 6.30. The predicted octanol–water partition coefficient (Wildman–Crippen LogP) is 6.71. The van der Waals surface area contributed by atoms with Crippen molar-refractivity contribution >= 4 is 17.7 Å². The maximum absolute atomic E-state index is 13.6. The zero-order valence-electron chi connectivity index (χ0n) is 25.8. The average Bonchev–Trinajstić information content (AvgIpc) is 3.52. The Morgan fingerprint density at radius 2 is 1.72 bits per heavy atom. The molecule has 0 spiro atoms. The van der Waals surface area contributed by atoms with Gasteiger partial charge in [-0.25, -0.2) is 18.4 Å². The van der Waals surface area contributed by atoms with E-state index >= 15 is 0 Å². The summed E-state index contributed by atoms with van der Waals surface area (Å²) in [4.78, 5) is 24.1. The fourth-order valence-corrected chi connectivity index (χ4v) is 6.30. The number of halogens is 5. The minimum atomic E-state index is -5.08. The molecule has 0 unspecified atom stereocenters. The number of benzene rings is 2. The number of urea groups is 1. The van der Waals surface area contributed by atoms with Crippen molar-refractivity contribution in [1.82, 2.24) is 10.2 Å². The molecule has 1 saturated carbocycles. The van der Waals surface area contributed by atoms with Crippen LogP contribution in [0.5, 0.6) is 11.5 Å². The number of carboxylic acids is 1. The normalized spacial score (nSPS) is 21.1. The van der Waals surface area contributed by atoms with Gasteiger partial charge in [0.15, 0.2) is 23.1 Å². The van der Waals surface area contributed by atoms with Gasteiger partial charge in [0.05, 0.1) is 20.8 Å². The molecule has 1 aliphatic heterocycles. The SMILES string of the molecule is COc1ccc([C@@]23CC[C@@H](NC(=O)Nc4ccc(F)c(F)c4)C[C@@H]2N(Cc2cc(C)c(C)o2)CC3)cc1OC.O=C(O)C(F)(F)F. The lowest BCUT2D eigenvalue weighted by Crippen LogP contribution is -2.52. The van der Waals surface area contributed by atoms with Gasteiger partial charge < -0.3 is 29.6 Å². The number of rotatable bonds is 7. The number of methoxy groups -OCH3 is 2. The second-order valence-electron chi connectivity index (χ2n) is 11.4. The highest BCUT2D eigenvalue weighted by molar-refractivity contribution is 5.89. The van der Waals surface area contributed by atoms with Gasteiger partial charge in [-0.05, 0) is 87.5 Å². The number of amides is 2. The number of carboxylic acid groups (broad SMARTS) is 1. The van der Waals surface area contributed by atoms with Gasteiger partial charge in [0.25, 0.3) is 0 Å². The predicted molar refractivity (Wildman–Crippen MR) is 158 cm³/mol. The fraction of sp³-hybridized carbons (Fsp3) is 0.438. The van der Waals surface area contributed by atoms with Crippen molar-refractivity contribution in [3.8, 4) is 11.5 Å². The number of ether oxygens (including phenoxy) is 2. The number of carbonyl (C=O) groups excluding carboxylic acids is 1. The molecule has 3 aromatic rings. The Balaban J connectivity index is 0.000000617. The number of aliphatic carboxylic acids is 1. The van der Waals surface area contributed by atoms with E-state index in [1.54, 1.807) is 14.2 Å². The maximum atomic E-state index is 13.6. The van der Waals surface area contributed by atoms with E-state index in [2.05, 4.69) is 33.7 Å². The first-order valence-corrected chi connectivity index (χ1v) is 14.5. The molecule has 2 fully saturated rings. The van der Waals surface area contributed by atoms with E-state index in [4.69, 9.17) is 23.8 Å². The van der Waals surface area contributed by atoms with Crippen molar-refractivity contribution in [3.05, 3.63) is 76.7 Å². The van der Waals surface area contributed by atoms with Crippen molar-refractivity contribution in [1.29, 1.82) is 0 Å². The Labute approximate surface area is 262 Å². The van der Waals surface area contributed by atoms with Crippen LogP contribution in [-0.4, -0.2) is 61.0 Å². The summed E-state index contributed by atoms with van der Waals surface area (Å²) in [7, 11) is 3.28. The van der Waals surface area contributed by atoms with Gasteiger partial charge in [0.1, 0.15) is 11.5 Å². The molecule has 14 heteroatoms.